The van der Waals surface area contributed by atoms with Crippen LogP contribution in [0.4, 0.5) is 0 Å². The first-order chi connectivity index (χ1) is 13.5. The molecule has 0 aromatic rings. The van der Waals surface area contributed by atoms with E-state index in [1.807, 2.05) is 0 Å². The van der Waals surface area contributed by atoms with Gasteiger partial charge in [0.1, 0.15) is 0 Å². The SMILES string of the molecule is C[C@H](C(N)C(N)(N)C(=O)O)[C@H]1CC[C@H]2[C@@H]3CCC4CCCC[C@]4(C)[C@H]3CC[C@]12C. The third kappa shape index (κ3) is 3.10. The molecule has 0 bridgehead atoms. The van der Waals surface area contributed by atoms with Crippen molar-refractivity contribution in [3.05, 3.63) is 0 Å². The zero-order valence-electron chi connectivity index (χ0n) is 18.7. The lowest BCUT2D eigenvalue weighted by molar-refractivity contribution is -0.145. The van der Waals surface area contributed by atoms with Gasteiger partial charge in [-0.25, -0.2) is 4.79 Å². The molecule has 0 aromatic carbocycles. The Morgan fingerprint density at radius 3 is 2.34 bits per heavy atom. The highest BCUT2D eigenvalue weighted by molar-refractivity contribution is 5.78. The van der Waals surface area contributed by atoms with Crippen LogP contribution in [0.5, 0.6) is 0 Å². The summed E-state index contributed by atoms with van der Waals surface area (Å²) >= 11 is 0. The van der Waals surface area contributed by atoms with Crippen LogP contribution in [0, 0.1) is 46.3 Å². The molecule has 5 nitrogen and oxygen atoms in total. The van der Waals surface area contributed by atoms with Crippen LogP contribution < -0.4 is 17.2 Å². The molecule has 5 heteroatoms. The van der Waals surface area contributed by atoms with E-state index in [-0.39, 0.29) is 11.3 Å². The van der Waals surface area contributed by atoms with E-state index in [0.29, 0.717) is 11.3 Å². The van der Waals surface area contributed by atoms with E-state index in [1.54, 1.807) is 0 Å². The fourth-order valence-corrected chi connectivity index (χ4v) is 9.03. The number of rotatable bonds is 4. The van der Waals surface area contributed by atoms with Gasteiger partial charge < -0.3 is 22.3 Å². The second-order valence-corrected chi connectivity index (χ2v) is 11.8. The summed E-state index contributed by atoms with van der Waals surface area (Å²) in [4.78, 5) is 11.6. The van der Waals surface area contributed by atoms with E-state index in [4.69, 9.17) is 17.2 Å². The molecule has 166 valence electrons. The van der Waals surface area contributed by atoms with Gasteiger partial charge in [0, 0.05) is 6.04 Å². The van der Waals surface area contributed by atoms with Crippen LogP contribution in [-0.4, -0.2) is 22.8 Å². The lowest BCUT2D eigenvalue weighted by Gasteiger charge is -2.61. The number of nitrogens with two attached hydrogens (primary N) is 3. The molecule has 4 fully saturated rings. The summed E-state index contributed by atoms with van der Waals surface area (Å²) in [5, 5.41) is 9.46. The van der Waals surface area contributed by atoms with Crippen molar-refractivity contribution in [2.24, 2.45) is 63.5 Å². The first kappa shape index (κ1) is 21.6. The minimum atomic E-state index is -1.86. The van der Waals surface area contributed by atoms with E-state index < -0.39 is 17.7 Å². The van der Waals surface area contributed by atoms with E-state index >= 15 is 0 Å². The highest BCUT2D eigenvalue weighted by Crippen LogP contribution is 2.68. The van der Waals surface area contributed by atoms with Crippen LogP contribution in [0.2, 0.25) is 0 Å². The van der Waals surface area contributed by atoms with Gasteiger partial charge in [-0.05, 0) is 97.7 Å². The summed E-state index contributed by atoms with van der Waals surface area (Å²) in [5.74, 6) is 2.61. The van der Waals surface area contributed by atoms with Gasteiger partial charge in [0.25, 0.3) is 0 Å². The molecular weight excluding hydrogens is 362 g/mol. The van der Waals surface area contributed by atoms with Gasteiger partial charge >= 0.3 is 5.97 Å². The Labute approximate surface area is 176 Å². The molecule has 4 aliphatic carbocycles. The molecule has 7 N–H and O–H groups in total. The Kier molecular flexibility index (Phi) is 5.36. The van der Waals surface area contributed by atoms with Gasteiger partial charge in [0.2, 0.25) is 0 Å². The van der Waals surface area contributed by atoms with Gasteiger partial charge in [0.15, 0.2) is 5.66 Å². The van der Waals surface area contributed by atoms with Crippen molar-refractivity contribution in [2.75, 3.05) is 0 Å². The monoisotopic (exact) mass is 405 g/mol. The third-order valence-electron chi connectivity index (χ3n) is 10.8. The molecule has 0 aromatic heterocycles. The summed E-state index contributed by atoms with van der Waals surface area (Å²) in [6.07, 6.45) is 13.5. The normalized spacial score (nSPS) is 46.9. The van der Waals surface area contributed by atoms with Crippen LogP contribution in [0.1, 0.15) is 85.0 Å². The van der Waals surface area contributed by atoms with Crippen LogP contribution in [0.15, 0.2) is 0 Å². The molecule has 0 radical (unpaired) electrons. The smallest absolute Gasteiger partial charge is 0.340 e. The highest BCUT2D eigenvalue weighted by Gasteiger charge is 2.61. The largest absolute Gasteiger partial charge is 0.479 e. The predicted octanol–water partition coefficient (Wildman–Crippen LogP) is 3.70. The van der Waals surface area contributed by atoms with E-state index in [2.05, 4.69) is 20.8 Å². The Morgan fingerprint density at radius 1 is 0.966 bits per heavy atom. The first-order valence-corrected chi connectivity index (χ1v) is 12.1. The standard InChI is InChI=1S/C24H43N3O2/c1-14(20(25)24(26,27)21(28)29)17-9-10-18-16-8-7-15-6-4-5-12-22(15,2)19(16)11-13-23(17,18)3/h14-20H,4-13,25-27H2,1-3H3,(H,28,29)/t14-,15?,16-,17+,18-,19-,20?,22-,23+/m0/s1. The maximum Gasteiger partial charge on any atom is 0.340 e. The fraction of sp³-hybridized carbons (Fsp3) is 0.958. The summed E-state index contributed by atoms with van der Waals surface area (Å²) in [6, 6.07) is -0.732. The first-order valence-electron chi connectivity index (χ1n) is 12.1. The number of carbonyl (C=O) groups is 1. The number of hydrogen-bond acceptors (Lipinski definition) is 4. The Hall–Kier alpha value is -0.650. The zero-order valence-corrected chi connectivity index (χ0v) is 18.7. The quantitative estimate of drug-likeness (QED) is 0.532. The number of carboxylic acids is 1. The maximum absolute atomic E-state index is 11.6. The van der Waals surface area contributed by atoms with Crippen molar-refractivity contribution < 1.29 is 9.90 Å². The number of hydrogen-bond donors (Lipinski definition) is 4. The lowest BCUT2D eigenvalue weighted by atomic mass is 9.44. The van der Waals surface area contributed by atoms with Crippen LogP contribution in [-0.2, 0) is 4.79 Å². The third-order valence-corrected chi connectivity index (χ3v) is 10.8. The summed E-state index contributed by atoms with van der Waals surface area (Å²) < 4.78 is 0. The molecule has 4 aliphatic rings. The van der Waals surface area contributed by atoms with Gasteiger partial charge in [0.05, 0.1) is 0 Å². The lowest BCUT2D eigenvalue weighted by Crippen LogP contribution is -2.70. The molecular formula is C24H43N3O2. The second kappa shape index (κ2) is 7.20. The minimum absolute atomic E-state index is 0.00857. The van der Waals surface area contributed by atoms with Gasteiger partial charge in [-0.3, -0.25) is 0 Å². The van der Waals surface area contributed by atoms with Crippen molar-refractivity contribution in [1.82, 2.24) is 0 Å². The van der Waals surface area contributed by atoms with Crippen molar-refractivity contribution in [3.8, 4) is 0 Å². The van der Waals surface area contributed by atoms with Crippen molar-refractivity contribution >= 4 is 5.97 Å². The van der Waals surface area contributed by atoms with E-state index in [1.165, 1.54) is 57.8 Å². The number of carboxylic acid groups (broad SMARTS) is 1. The molecule has 29 heavy (non-hydrogen) atoms. The molecule has 2 unspecified atom stereocenters. The van der Waals surface area contributed by atoms with E-state index in [9.17, 15) is 9.90 Å². The topological polar surface area (TPSA) is 115 Å². The van der Waals surface area contributed by atoms with Gasteiger partial charge in [-0.2, -0.15) is 0 Å². The van der Waals surface area contributed by atoms with Gasteiger partial charge in [-0.1, -0.05) is 33.6 Å². The van der Waals surface area contributed by atoms with Crippen LogP contribution in [0.25, 0.3) is 0 Å². The average molecular weight is 406 g/mol. The van der Waals surface area contributed by atoms with Crippen LogP contribution >= 0.6 is 0 Å². The minimum Gasteiger partial charge on any atom is -0.479 e. The molecule has 0 amide bonds. The Bertz CT molecular complexity index is 652. The molecule has 0 saturated heterocycles. The molecule has 9 atom stereocenters. The van der Waals surface area contributed by atoms with Crippen LogP contribution in [0.3, 0.4) is 0 Å². The average Bonchev–Trinajstić information content (AvgIpc) is 3.03. The Balaban J connectivity index is 1.56. The molecule has 0 spiro atoms. The summed E-state index contributed by atoms with van der Waals surface area (Å²) in [7, 11) is 0. The van der Waals surface area contributed by atoms with Crippen molar-refractivity contribution in [3.63, 3.8) is 0 Å². The van der Waals surface area contributed by atoms with Gasteiger partial charge in [-0.15, -0.1) is 0 Å². The van der Waals surface area contributed by atoms with E-state index in [0.717, 1.165) is 30.1 Å². The molecule has 0 heterocycles. The number of aliphatic carboxylic acids is 1. The zero-order chi connectivity index (χ0) is 21.2. The highest BCUT2D eigenvalue weighted by atomic mass is 16.4. The van der Waals surface area contributed by atoms with Crippen molar-refractivity contribution in [2.45, 2.75) is 96.7 Å². The predicted molar refractivity (Wildman–Crippen MR) is 116 cm³/mol. The molecule has 4 rings (SSSR count). The maximum atomic E-state index is 11.6. The Morgan fingerprint density at radius 2 is 1.66 bits per heavy atom. The fourth-order valence-electron chi connectivity index (χ4n) is 9.03. The number of fused-ring (bicyclic) bond motifs is 5. The molecule has 0 aliphatic heterocycles. The summed E-state index contributed by atoms with van der Waals surface area (Å²) in [6.45, 7) is 7.18. The van der Waals surface area contributed by atoms with Crippen molar-refractivity contribution in [1.29, 1.82) is 0 Å². The molecule has 4 saturated carbocycles. The second-order valence-electron chi connectivity index (χ2n) is 11.8. The summed E-state index contributed by atoms with van der Waals surface area (Å²) in [5.41, 5.74) is 17.2.